The van der Waals surface area contributed by atoms with E-state index in [-0.39, 0.29) is 5.91 Å². The fourth-order valence-corrected chi connectivity index (χ4v) is 8.90. The first-order chi connectivity index (χ1) is 25.0. The van der Waals surface area contributed by atoms with Crippen molar-refractivity contribution < 1.29 is 4.79 Å². The van der Waals surface area contributed by atoms with E-state index in [1.165, 1.54) is 117 Å². The van der Waals surface area contributed by atoms with E-state index in [1.54, 1.807) is 0 Å². The first-order valence-corrected chi connectivity index (χ1v) is 20.1. The largest absolute Gasteiger partial charge is 0.378 e. The van der Waals surface area contributed by atoms with Gasteiger partial charge in [-0.25, -0.2) is 0 Å². The number of anilines is 3. The summed E-state index contributed by atoms with van der Waals surface area (Å²) < 4.78 is 9.57. The molecule has 1 fully saturated rings. The highest BCUT2D eigenvalue weighted by Crippen LogP contribution is 2.53. The molecule has 51 heavy (non-hydrogen) atoms. The maximum Gasteiger partial charge on any atom is 0.251 e. The summed E-state index contributed by atoms with van der Waals surface area (Å²) in [4.78, 5) is 17.6. The number of nitrogens with zero attached hydrogens (tertiary/aromatic N) is 4. The number of benzene rings is 4. The number of nitrogens with one attached hydrogen (secondary N) is 1. The van der Waals surface area contributed by atoms with E-state index in [4.69, 9.17) is 8.75 Å². The van der Waals surface area contributed by atoms with Gasteiger partial charge in [-0.15, -0.1) is 0 Å². The van der Waals surface area contributed by atoms with Gasteiger partial charge in [0.1, 0.15) is 11.0 Å². The smallest absolute Gasteiger partial charge is 0.251 e. The van der Waals surface area contributed by atoms with Gasteiger partial charge in [-0.3, -0.25) is 4.79 Å². The molecular weight excluding hydrogens is 647 g/mol. The number of fused-ring (bicyclic) bond motifs is 4. The molecule has 2 aliphatic rings. The average molecular weight is 700 g/mol. The van der Waals surface area contributed by atoms with Crippen LogP contribution < -0.4 is 15.1 Å². The molecule has 1 amide bonds. The molecular formula is C44H53N5OS. The Morgan fingerprint density at radius 1 is 0.765 bits per heavy atom. The summed E-state index contributed by atoms with van der Waals surface area (Å²) in [5.74, 6) is 0.543. The highest BCUT2D eigenvalue weighted by Gasteiger charge is 2.42. The molecule has 1 aliphatic heterocycles. The standard InChI is InChI=1S/C44H53N5OS/c1-4-5-6-7-8-9-10-11-12-13-29-45-44(50)32-19-17-31(18-20-32)36-26-27-37(43-42(36)46-51-47-43)33-21-28-41-39(30-33)38-15-14-16-40(38)49(41)35-24-22-34(23-25-35)48(2)3/h17-28,30,38,40H,4-16,29H2,1-3H3,(H,45,50). The second-order valence-electron chi connectivity index (χ2n) is 14.8. The van der Waals surface area contributed by atoms with Crippen LogP contribution in [-0.2, 0) is 0 Å². The SMILES string of the molecule is CCCCCCCCCCCCNC(=O)c1ccc(-c2ccc(-c3ccc4c(c3)C3CCCC3N4c3ccc(N(C)C)cc3)c3nsnc23)cc1. The van der Waals surface area contributed by atoms with Crippen molar-refractivity contribution in [2.75, 3.05) is 30.4 Å². The third kappa shape index (κ3) is 7.69. The molecule has 5 aromatic rings. The van der Waals surface area contributed by atoms with Gasteiger partial charge in [-0.1, -0.05) is 101 Å². The Hall–Kier alpha value is -4.23. The van der Waals surface area contributed by atoms with E-state index in [2.05, 4.69) is 90.7 Å². The van der Waals surface area contributed by atoms with E-state index in [9.17, 15) is 4.79 Å². The lowest BCUT2D eigenvalue weighted by molar-refractivity contribution is 0.0953. The van der Waals surface area contributed by atoms with Gasteiger partial charge in [0.15, 0.2) is 0 Å². The number of carbonyl (C=O) groups is 1. The molecule has 1 N–H and O–H groups in total. The Kier molecular flexibility index (Phi) is 11.3. The summed E-state index contributed by atoms with van der Waals surface area (Å²) in [5.41, 5.74) is 12.2. The molecule has 0 bridgehead atoms. The minimum atomic E-state index is -0.00134. The lowest BCUT2D eigenvalue weighted by Gasteiger charge is -2.27. The molecule has 0 saturated heterocycles. The Labute approximate surface area is 308 Å². The van der Waals surface area contributed by atoms with Crippen molar-refractivity contribution in [1.82, 2.24) is 14.1 Å². The summed E-state index contributed by atoms with van der Waals surface area (Å²) in [5, 5.41) is 3.12. The molecule has 0 spiro atoms. The predicted octanol–water partition coefficient (Wildman–Crippen LogP) is 11.5. The van der Waals surface area contributed by atoms with E-state index >= 15 is 0 Å². The fraction of sp³-hybridized carbons (Fsp3) is 0.432. The Morgan fingerprint density at radius 3 is 2.06 bits per heavy atom. The number of unbranched alkanes of at least 4 members (excludes halogenated alkanes) is 9. The topological polar surface area (TPSA) is 61.4 Å². The first-order valence-electron chi connectivity index (χ1n) is 19.4. The number of hydrogen-bond acceptors (Lipinski definition) is 6. The van der Waals surface area contributed by atoms with Crippen LogP contribution in [0.4, 0.5) is 17.1 Å². The van der Waals surface area contributed by atoms with Gasteiger partial charge in [0.2, 0.25) is 0 Å². The van der Waals surface area contributed by atoms with Crippen molar-refractivity contribution in [3.8, 4) is 22.3 Å². The van der Waals surface area contributed by atoms with Crippen molar-refractivity contribution in [1.29, 1.82) is 0 Å². The van der Waals surface area contributed by atoms with Crippen LogP contribution in [0.3, 0.4) is 0 Å². The maximum atomic E-state index is 12.9. The van der Waals surface area contributed by atoms with Crippen molar-refractivity contribution >= 4 is 45.7 Å². The van der Waals surface area contributed by atoms with Crippen molar-refractivity contribution in [3.63, 3.8) is 0 Å². The molecule has 2 unspecified atom stereocenters. The zero-order valence-corrected chi connectivity index (χ0v) is 31.5. The third-order valence-electron chi connectivity index (χ3n) is 11.1. The molecule has 1 saturated carbocycles. The summed E-state index contributed by atoms with van der Waals surface area (Å²) >= 11 is 1.27. The van der Waals surface area contributed by atoms with Crippen LogP contribution >= 0.6 is 11.7 Å². The van der Waals surface area contributed by atoms with Crippen LogP contribution in [0.15, 0.2) is 78.9 Å². The van der Waals surface area contributed by atoms with Crippen LogP contribution in [0.1, 0.15) is 112 Å². The van der Waals surface area contributed by atoms with E-state index in [0.29, 0.717) is 17.5 Å². The Morgan fingerprint density at radius 2 is 1.39 bits per heavy atom. The molecule has 1 aromatic heterocycles. The monoisotopic (exact) mass is 699 g/mol. The molecule has 7 heteroatoms. The minimum absolute atomic E-state index is 0.00134. The molecule has 4 aromatic carbocycles. The number of carbonyl (C=O) groups excluding carboxylic acids is 1. The van der Waals surface area contributed by atoms with Gasteiger partial charge >= 0.3 is 0 Å². The lowest BCUT2D eigenvalue weighted by atomic mass is 9.92. The lowest BCUT2D eigenvalue weighted by Crippen LogP contribution is -2.26. The van der Waals surface area contributed by atoms with Gasteiger partial charge in [-0.05, 0) is 84.5 Å². The number of hydrogen-bond donors (Lipinski definition) is 1. The molecule has 266 valence electrons. The predicted molar refractivity (Wildman–Crippen MR) is 216 cm³/mol. The van der Waals surface area contributed by atoms with Crippen molar-refractivity contribution in [3.05, 3.63) is 90.0 Å². The first kappa shape index (κ1) is 35.2. The highest BCUT2D eigenvalue weighted by atomic mass is 32.1. The van der Waals surface area contributed by atoms with Crippen LogP contribution in [-0.4, -0.2) is 41.3 Å². The number of rotatable bonds is 16. The summed E-state index contributed by atoms with van der Waals surface area (Å²) in [6.07, 6.45) is 16.6. The van der Waals surface area contributed by atoms with Gasteiger partial charge in [0, 0.05) is 66.4 Å². The van der Waals surface area contributed by atoms with Crippen molar-refractivity contribution in [2.24, 2.45) is 0 Å². The van der Waals surface area contributed by atoms with Gasteiger partial charge in [0.05, 0.1) is 11.7 Å². The van der Waals surface area contributed by atoms with Crippen LogP contribution in [0.2, 0.25) is 0 Å². The number of amides is 1. The molecule has 2 heterocycles. The molecule has 2 atom stereocenters. The molecule has 7 rings (SSSR count). The second kappa shape index (κ2) is 16.4. The molecule has 1 aliphatic carbocycles. The zero-order chi connectivity index (χ0) is 35.2. The van der Waals surface area contributed by atoms with E-state index < -0.39 is 0 Å². The number of aromatic nitrogens is 2. The Balaban J connectivity index is 1.01. The summed E-state index contributed by atoms with van der Waals surface area (Å²) in [6.45, 7) is 3.00. The molecule has 0 radical (unpaired) electrons. The van der Waals surface area contributed by atoms with Crippen LogP contribution in [0, 0.1) is 0 Å². The fourth-order valence-electron chi connectivity index (χ4n) is 8.32. The van der Waals surface area contributed by atoms with E-state index in [1.807, 2.05) is 24.3 Å². The normalized spacial score (nSPS) is 16.4. The maximum absolute atomic E-state index is 12.9. The minimum Gasteiger partial charge on any atom is -0.378 e. The summed E-state index contributed by atoms with van der Waals surface area (Å²) in [6, 6.07) is 28.8. The third-order valence-corrected chi connectivity index (χ3v) is 11.7. The quantitative estimate of drug-likeness (QED) is 0.104. The molecule has 6 nitrogen and oxygen atoms in total. The second-order valence-corrected chi connectivity index (χ2v) is 15.3. The van der Waals surface area contributed by atoms with Gasteiger partial charge in [-0.2, -0.15) is 8.75 Å². The summed E-state index contributed by atoms with van der Waals surface area (Å²) in [7, 11) is 4.18. The van der Waals surface area contributed by atoms with Crippen LogP contribution in [0.25, 0.3) is 33.3 Å². The van der Waals surface area contributed by atoms with Gasteiger partial charge in [0.25, 0.3) is 5.91 Å². The van der Waals surface area contributed by atoms with Crippen molar-refractivity contribution in [2.45, 2.75) is 102 Å². The highest BCUT2D eigenvalue weighted by molar-refractivity contribution is 7.00. The zero-order valence-electron chi connectivity index (χ0n) is 30.7. The Bertz CT molecular complexity index is 1910. The van der Waals surface area contributed by atoms with E-state index in [0.717, 1.165) is 40.7 Å². The van der Waals surface area contributed by atoms with Crippen LogP contribution in [0.5, 0.6) is 0 Å². The van der Waals surface area contributed by atoms with Gasteiger partial charge < -0.3 is 15.1 Å². The average Bonchev–Trinajstić information content (AvgIpc) is 3.91.